The monoisotopic (exact) mass is 571 g/mol. The molecule has 41 heavy (non-hydrogen) atoms. The van der Waals surface area contributed by atoms with Gasteiger partial charge in [0.2, 0.25) is 0 Å². The summed E-state index contributed by atoms with van der Waals surface area (Å²) >= 11 is 0. The van der Waals surface area contributed by atoms with Crippen molar-refractivity contribution in [2.75, 3.05) is 6.54 Å². The zero-order chi connectivity index (χ0) is 31.0. The highest BCUT2D eigenvalue weighted by Gasteiger charge is 2.50. The molecule has 2 heterocycles. The number of rotatable bonds is 13. The molecule has 2 aromatic rings. The summed E-state index contributed by atoms with van der Waals surface area (Å²) in [7, 11) is 0. The Hall–Kier alpha value is -4.06. The van der Waals surface area contributed by atoms with Crippen molar-refractivity contribution in [2.45, 2.75) is 66.1 Å². The second kappa shape index (κ2) is 14.0. The van der Waals surface area contributed by atoms with Crippen LogP contribution in [-0.2, 0) is 14.4 Å². The summed E-state index contributed by atoms with van der Waals surface area (Å²) < 4.78 is 0. The van der Waals surface area contributed by atoms with Gasteiger partial charge in [0.25, 0.3) is 0 Å². The van der Waals surface area contributed by atoms with Gasteiger partial charge in [-0.2, -0.15) is 0 Å². The van der Waals surface area contributed by atoms with E-state index in [1.807, 2.05) is 24.3 Å². The van der Waals surface area contributed by atoms with E-state index in [2.05, 4.69) is 25.9 Å². The third-order valence-corrected chi connectivity index (χ3v) is 6.82. The lowest BCUT2D eigenvalue weighted by molar-refractivity contribution is -0.155. The van der Waals surface area contributed by atoms with Crippen molar-refractivity contribution in [2.24, 2.45) is 22.7 Å². The molecule has 224 valence electrons. The molecule has 6 N–H and O–H groups in total. The molecule has 0 saturated carbocycles. The summed E-state index contributed by atoms with van der Waals surface area (Å²) in [6.07, 6.45) is 3.23. The van der Waals surface area contributed by atoms with Crippen LogP contribution in [0.15, 0.2) is 48.8 Å². The standard InChI is InChI=1S/C29H41N5O7/c1-28(2,3)20(21(25(37)38)29(4,5)6)23(26(39)40)34-27(41)33-19(24(35)36)13-16-32-22(17-11-7-9-14-30-17)18-12-8-10-15-31-18/h7-12,14-15,19-23,32H,13,16H2,1-6H3,(H,35,36)(H,37,38)(H,39,40)(H2,33,34,41). The largest absolute Gasteiger partial charge is 0.481 e. The third kappa shape index (κ3) is 9.52. The minimum absolute atomic E-state index is 0.0426. The molecule has 0 spiro atoms. The van der Waals surface area contributed by atoms with Crippen molar-refractivity contribution in [1.82, 2.24) is 25.9 Å². The van der Waals surface area contributed by atoms with Crippen molar-refractivity contribution in [1.29, 1.82) is 0 Å². The Labute approximate surface area is 240 Å². The number of nitrogens with zero attached hydrogens (tertiary/aromatic N) is 2. The van der Waals surface area contributed by atoms with Crippen molar-refractivity contribution >= 4 is 23.9 Å². The van der Waals surface area contributed by atoms with E-state index in [4.69, 9.17) is 0 Å². The van der Waals surface area contributed by atoms with Gasteiger partial charge in [-0.3, -0.25) is 14.8 Å². The lowest BCUT2D eigenvalue weighted by Gasteiger charge is -2.44. The fourth-order valence-electron chi connectivity index (χ4n) is 4.98. The highest BCUT2D eigenvalue weighted by atomic mass is 16.4. The number of hydrogen-bond donors (Lipinski definition) is 6. The van der Waals surface area contributed by atoms with E-state index < -0.39 is 64.7 Å². The minimum atomic E-state index is -1.60. The molecule has 12 nitrogen and oxygen atoms in total. The maximum absolute atomic E-state index is 12.9. The maximum atomic E-state index is 12.9. The van der Waals surface area contributed by atoms with Crippen molar-refractivity contribution in [3.63, 3.8) is 0 Å². The number of amides is 2. The number of carbonyl (C=O) groups is 4. The van der Waals surface area contributed by atoms with Crippen LogP contribution in [-0.4, -0.2) is 67.9 Å². The topological polar surface area (TPSA) is 191 Å². The van der Waals surface area contributed by atoms with Crippen molar-refractivity contribution < 1.29 is 34.5 Å². The lowest BCUT2D eigenvalue weighted by Crippen LogP contribution is -2.59. The first-order valence-electron chi connectivity index (χ1n) is 13.3. The average molecular weight is 572 g/mol. The minimum Gasteiger partial charge on any atom is -0.481 e. The summed E-state index contributed by atoms with van der Waals surface area (Å²) in [4.78, 5) is 58.3. The van der Waals surface area contributed by atoms with Crippen LogP contribution in [0.3, 0.4) is 0 Å². The van der Waals surface area contributed by atoms with Crippen LogP contribution in [0.25, 0.3) is 0 Å². The maximum Gasteiger partial charge on any atom is 0.326 e. The Morgan fingerprint density at radius 2 is 1.29 bits per heavy atom. The molecule has 0 aromatic carbocycles. The molecule has 2 aromatic heterocycles. The summed E-state index contributed by atoms with van der Waals surface area (Å²) in [5.41, 5.74) is -0.321. The highest BCUT2D eigenvalue weighted by molar-refractivity contribution is 5.87. The molecule has 12 heteroatoms. The van der Waals surface area contributed by atoms with Gasteiger partial charge in [-0.15, -0.1) is 0 Å². The highest BCUT2D eigenvalue weighted by Crippen LogP contribution is 2.43. The van der Waals surface area contributed by atoms with Crippen LogP contribution in [0.1, 0.15) is 65.4 Å². The van der Waals surface area contributed by atoms with Gasteiger partial charge in [-0.05, 0) is 48.1 Å². The van der Waals surface area contributed by atoms with Crippen LogP contribution >= 0.6 is 0 Å². The number of nitrogens with one attached hydrogen (secondary N) is 3. The van der Waals surface area contributed by atoms with E-state index >= 15 is 0 Å². The first kappa shape index (κ1) is 33.1. The second-order valence-corrected chi connectivity index (χ2v) is 12.1. The zero-order valence-electron chi connectivity index (χ0n) is 24.3. The van der Waals surface area contributed by atoms with Crippen LogP contribution < -0.4 is 16.0 Å². The van der Waals surface area contributed by atoms with E-state index in [1.165, 1.54) is 0 Å². The quantitative estimate of drug-likeness (QED) is 0.208. The molecule has 2 amide bonds. The van der Waals surface area contributed by atoms with E-state index in [0.29, 0.717) is 11.4 Å². The number of aromatic nitrogens is 2. The SMILES string of the molecule is CC(C)(C)C(C(=O)O)C(C(NC(=O)NC(CCNC(c1ccccn1)c1ccccn1)C(=O)O)C(=O)O)C(C)(C)C. The number of carboxylic acids is 3. The Bertz CT molecular complexity index is 1140. The fourth-order valence-corrected chi connectivity index (χ4v) is 4.98. The molecule has 0 radical (unpaired) electrons. The molecule has 4 unspecified atom stereocenters. The van der Waals surface area contributed by atoms with Gasteiger partial charge in [0.1, 0.15) is 12.1 Å². The number of carboxylic acid groups (broad SMARTS) is 3. The molecule has 0 aliphatic heterocycles. The Morgan fingerprint density at radius 1 is 0.756 bits per heavy atom. The molecule has 0 aliphatic rings. The molecule has 2 rings (SSSR count). The summed E-state index contributed by atoms with van der Waals surface area (Å²) in [5.74, 6) is -6.07. The molecule has 4 atom stereocenters. The molecule has 0 fully saturated rings. The fraction of sp³-hybridized carbons (Fsp3) is 0.517. The van der Waals surface area contributed by atoms with Crippen LogP contribution in [0.5, 0.6) is 0 Å². The van der Waals surface area contributed by atoms with E-state index in [-0.39, 0.29) is 13.0 Å². The molecular formula is C29H41N5O7. The Balaban J connectivity index is 2.20. The van der Waals surface area contributed by atoms with E-state index in [1.54, 1.807) is 66.1 Å². The number of carbonyl (C=O) groups excluding carboxylic acids is 1. The summed E-state index contributed by atoms with van der Waals surface area (Å²) in [5, 5.41) is 37.8. The number of urea groups is 1. The lowest BCUT2D eigenvalue weighted by atomic mass is 9.61. The number of hydrogen-bond acceptors (Lipinski definition) is 7. The first-order chi connectivity index (χ1) is 19.0. The van der Waals surface area contributed by atoms with E-state index in [0.717, 1.165) is 0 Å². The predicted molar refractivity (Wildman–Crippen MR) is 151 cm³/mol. The van der Waals surface area contributed by atoms with Gasteiger partial charge < -0.3 is 31.3 Å². The number of aliphatic carboxylic acids is 3. The Morgan fingerprint density at radius 3 is 1.66 bits per heavy atom. The Kier molecular flexibility index (Phi) is 11.3. The summed E-state index contributed by atoms with van der Waals surface area (Å²) in [6, 6.07) is 6.40. The summed E-state index contributed by atoms with van der Waals surface area (Å²) in [6.45, 7) is 10.4. The van der Waals surface area contributed by atoms with Crippen LogP contribution in [0.2, 0.25) is 0 Å². The molecule has 0 saturated heterocycles. The zero-order valence-corrected chi connectivity index (χ0v) is 24.3. The van der Waals surface area contributed by atoms with Crippen molar-refractivity contribution in [3.05, 3.63) is 60.2 Å². The van der Waals surface area contributed by atoms with Crippen LogP contribution in [0.4, 0.5) is 4.79 Å². The van der Waals surface area contributed by atoms with Gasteiger partial charge in [0.15, 0.2) is 0 Å². The van der Waals surface area contributed by atoms with Gasteiger partial charge in [0.05, 0.1) is 23.3 Å². The predicted octanol–water partition coefficient (Wildman–Crippen LogP) is 3.16. The molecule has 0 aliphatic carbocycles. The van der Waals surface area contributed by atoms with Gasteiger partial charge >= 0.3 is 23.9 Å². The van der Waals surface area contributed by atoms with Gasteiger partial charge in [-0.25, -0.2) is 14.4 Å². The second-order valence-electron chi connectivity index (χ2n) is 12.1. The van der Waals surface area contributed by atoms with Crippen molar-refractivity contribution in [3.8, 4) is 0 Å². The van der Waals surface area contributed by atoms with E-state index in [9.17, 15) is 34.5 Å². The third-order valence-electron chi connectivity index (χ3n) is 6.82. The molecule has 0 bridgehead atoms. The van der Waals surface area contributed by atoms with Crippen LogP contribution in [0, 0.1) is 22.7 Å². The van der Waals surface area contributed by atoms with Gasteiger partial charge in [-0.1, -0.05) is 53.7 Å². The first-order valence-corrected chi connectivity index (χ1v) is 13.3. The average Bonchev–Trinajstić information content (AvgIpc) is 2.87. The van der Waals surface area contributed by atoms with Gasteiger partial charge in [0, 0.05) is 18.3 Å². The normalized spacial score (nSPS) is 14.9. The smallest absolute Gasteiger partial charge is 0.326 e. The molecular weight excluding hydrogens is 530 g/mol. The number of pyridine rings is 2.